The third kappa shape index (κ3) is 2.43. The van der Waals surface area contributed by atoms with E-state index >= 15 is 0 Å². The Labute approximate surface area is 103 Å². The van der Waals surface area contributed by atoms with E-state index in [9.17, 15) is 12.8 Å². The number of nitrogens with two attached hydrogens (primary N) is 1. The first-order valence-electron chi connectivity index (χ1n) is 4.96. The standard InChI is InChI=1S/C10H11FN4O2S/c1-15-5-4-10(13-15)14-18(16,17)7-2-3-9(12)8(11)6-7/h2-6H,12H2,1H3,(H,13,14). The number of sulfonamides is 1. The van der Waals surface area contributed by atoms with Gasteiger partial charge in [-0.3, -0.25) is 9.40 Å². The van der Waals surface area contributed by atoms with Crippen LogP contribution in [0.1, 0.15) is 0 Å². The number of hydrogen-bond acceptors (Lipinski definition) is 4. The van der Waals surface area contributed by atoms with Crippen molar-refractivity contribution in [2.75, 3.05) is 10.5 Å². The highest BCUT2D eigenvalue weighted by Gasteiger charge is 2.16. The molecule has 0 aliphatic rings. The summed E-state index contributed by atoms with van der Waals surface area (Å²) in [6, 6.07) is 4.78. The monoisotopic (exact) mass is 270 g/mol. The van der Waals surface area contributed by atoms with Gasteiger partial charge in [0, 0.05) is 19.3 Å². The normalized spacial score (nSPS) is 11.4. The minimum atomic E-state index is -3.86. The molecular formula is C10H11FN4O2S. The number of benzene rings is 1. The molecular weight excluding hydrogens is 259 g/mol. The fourth-order valence-electron chi connectivity index (χ4n) is 1.34. The summed E-state index contributed by atoms with van der Waals surface area (Å²) in [6.45, 7) is 0. The number of nitrogens with one attached hydrogen (secondary N) is 1. The van der Waals surface area contributed by atoms with Crippen LogP contribution in [-0.4, -0.2) is 18.2 Å². The highest BCUT2D eigenvalue weighted by atomic mass is 32.2. The van der Waals surface area contributed by atoms with Crippen molar-refractivity contribution in [2.24, 2.45) is 7.05 Å². The maximum atomic E-state index is 13.2. The molecule has 0 unspecified atom stereocenters. The summed E-state index contributed by atoms with van der Waals surface area (Å²) in [7, 11) is -2.21. The van der Waals surface area contributed by atoms with Crippen molar-refractivity contribution in [1.29, 1.82) is 0 Å². The van der Waals surface area contributed by atoms with Crippen molar-refractivity contribution < 1.29 is 12.8 Å². The van der Waals surface area contributed by atoms with E-state index in [0.717, 1.165) is 6.07 Å². The van der Waals surface area contributed by atoms with E-state index in [0.29, 0.717) is 0 Å². The Morgan fingerprint density at radius 2 is 2.11 bits per heavy atom. The van der Waals surface area contributed by atoms with Crippen LogP contribution >= 0.6 is 0 Å². The number of hydrogen-bond donors (Lipinski definition) is 2. The van der Waals surface area contributed by atoms with Gasteiger partial charge in [-0.1, -0.05) is 0 Å². The van der Waals surface area contributed by atoms with Gasteiger partial charge in [0.25, 0.3) is 10.0 Å². The fourth-order valence-corrected chi connectivity index (χ4v) is 2.35. The summed E-state index contributed by atoms with van der Waals surface area (Å²) in [5, 5.41) is 3.87. The number of anilines is 2. The van der Waals surface area contributed by atoms with Crippen molar-refractivity contribution in [3.05, 3.63) is 36.3 Å². The van der Waals surface area contributed by atoms with Crippen LogP contribution in [0.4, 0.5) is 15.9 Å². The number of rotatable bonds is 3. The smallest absolute Gasteiger partial charge is 0.263 e. The fraction of sp³-hybridized carbons (Fsp3) is 0.100. The van der Waals surface area contributed by atoms with Gasteiger partial charge in [-0.05, 0) is 18.2 Å². The third-order valence-corrected chi connectivity index (χ3v) is 3.59. The lowest BCUT2D eigenvalue weighted by molar-refractivity contribution is 0.596. The van der Waals surface area contributed by atoms with Crippen molar-refractivity contribution in [3.63, 3.8) is 0 Å². The van der Waals surface area contributed by atoms with Gasteiger partial charge in [0.2, 0.25) is 0 Å². The van der Waals surface area contributed by atoms with Crippen LogP contribution in [0.5, 0.6) is 0 Å². The average molecular weight is 270 g/mol. The molecule has 0 amide bonds. The van der Waals surface area contributed by atoms with Crippen LogP contribution in [0, 0.1) is 5.82 Å². The molecule has 0 radical (unpaired) electrons. The SMILES string of the molecule is Cn1ccc(NS(=O)(=O)c2ccc(N)c(F)c2)n1. The van der Waals surface area contributed by atoms with E-state index in [1.54, 1.807) is 13.2 Å². The summed E-state index contributed by atoms with van der Waals surface area (Å²) >= 11 is 0. The Hall–Kier alpha value is -2.09. The summed E-state index contributed by atoms with van der Waals surface area (Å²) in [6.07, 6.45) is 1.58. The van der Waals surface area contributed by atoms with Crippen molar-refractivity contribution in [2.45, 2.75) is 4.90 Å². The molecule has 1 aromatic carbocycles. The van der Waals surface area contributed by atoms with Gasteiger partial charge in [0.15, 0.2) is 5.82 Å². The zero-order valence-electron chi connectivity index (χ0n) is 9.46. The van der Waals surface area contributed by atoms with Gasteiger partial charge in [-0.25, -0.2) is 12.8 Å². The molecule has 0 spiro atoms. The second kappa shape index (κ2) is 4.30. The molecule has 18 heavy (non-hydrogen) atoms. The lowest BCUT2D eigenvalue weighted by atomic mass is 10.3. The average Bonchev–Trinajstić information content (AvgIpc) is 2.67. The lowest BCUT2D eigenvalue weighted by Crippen LogP contribution is -2.14. The van der Waals surface area contributed by atoms with E-state index in [1.165, 1.54) is 22.9 Å². The molecule has 2 rings (SSSR count). The Bertz CT molecular complexity index is 681. The molecule has 6 nitrogen and oxygen atoms in total. The van der Waals surface area contributed by atoms with Crippen molar-refractivity contribution in [3.8, 4) is 0 Å². The molecule has 0 aliphatic carbocycles. The first kappa shape index (κ1) is 12.4. The van der Waals surface area contributed by atoms with Gasteiger partial charge in [0.05, 0.1) is 10.6 Å². The van der Waals surface area contributed by atoms with Gasteiger partial charge < -0.3 is 5.73 Å². The maximum absolute atomic E-state index is 13.2. The van der Waals surface area contributed by atoms with Crippen LogP contribution in [-0.2, 0) is 17.1 Å². The first-order chi connectivity index (χ1) is 8.38. The number of nitrogen functional groups attached to an aromatic ring is 1. The minimum absolute atomic E-state index is 0.105. The van der Waals surface area contributed by atoms with E-state index in [4.69, 9.17) is 5.73 Å². The Morgan fingerprint density at radius 1 is 1.39 bits per heavy atom. The predicted molar refractivity (Wildman–Crippen MR) is 64.8 cm³/mol. The van der Waals surface area contributed by atoms with Crippen molar-refractivity contribution >= 4 is 21.5 Å². The zero-order valence-corrected chi connectivity index (χ0v) is 10.3. The number of aryl methyl sites for hydroxylation is 1. The Morgan fingerprint density at radius 3 is 2.67 bits per heavy atom. The van der Waals surface area contributed by atoms with Crippen LogP contribution in [0.3, 0.4) is 0 Å². The summed E-state index contributed by atoms with van der Waals surface area (Å²) < 4.78 is 40.7. The highest BCUT2D eigenvalue weighted by Crippen LogP contribution is 2.18. The number of nitrogens with zero attached hydrogens (tertiary/aromatic N) is 2. The molecule has 1 heterocycles. The van der Waals surface area contributed by atoms with Crippen LogP contribution in [0.2, 0.25) is 0 Å². The molecule has 1 aromatic heterocycles. The summed E-state index contributed by atoms with van der Waals surface area (Å²) in [5.41, 5.74) is 5.18. The third-order valence-electron chi connectivity index (χ3n) is 2.23. The van der Waals surface area contributed by atoms with Gasteiger partial charge >= 0.3 is 0 Å². The molecule has 2 aromatic rings. The lowest BCUT2D eigenvalue weighted by Gasteiger charge is -2.06. The molecule has 0 saturated carbocycles. The molecule has 0 atom stereocenters. The van der Waals surface area contributed by atoms with Gasteiger partial charge in [0.1, 0.15) is 5.82 Å². The Kier molecular flexibility index (Phi) is 2.95. The van der Waals surface area contributed by atoms with Gasteiger partial charge in [-0.2, -0.15) is 5.10 Å². The maximum Gasteiger partial charge on any atom is 0.263 e. The number of halogens is 1. The molecule has 0 bridgehead atoms. The van der Waals surface area contributed by atoms with E-state index in [1.807, 2.05) is 0 Å². The van der Waals surface area contributed by atoms with Gasteiger partial charge in [-0.15, -0.1) is 0 Å². The molecule has 96 valence electrons. The quantitative estimate of drug-likeness (QED) is 0.812. The molecule has 0 saturated heterocycles. The van der Waals surface area contributed by atoms with Crippen molar-refractivity contribution in [1.82, 2.24) is 9.78 Å². The Balaban J connectivity index is 2.33. The first-order valence-corrected chi connectivity index (χ1v) is 6.44. The predicted octanol–water partition coefficient (Wildman–Crippen LogP) is 0.942. The van der Waals surface area contributed by atoms with Crippen LogP contribution in [0.15, 0.2) is 35.4 Å². The highest BCUT2D eigenvalue weighted by molar-refractivity contribution is 7.92. The summed E-state index contributed by atoms with van der Waals surface area (Å²) in [5.74, 6) is -0.617. The second-order valence-electron chi connectivity index (χ2n) is 3.66. The van der Waals surface area contributed by atoms with E-state index < -0.39 is 15.8 Å². The second-order valence-corrected chi connectivity index (χ2v) is 5.35. The molecule has 0 aliphatic heterocycles. The van der Waals surface area contributed by atoms with Crippen LogP contribution in [0.25, 0.3) is 0 Å². The van der Waals surface area contributed by atoms with E-state index in [-0.39, 0.29) is 16.4 Å². The van der Waals surface area contributed by atoms with Crippen LogP contribution < -0.4 is 10.5 Å². The number of aromatic nitrogens is 2. The zero-order chi connectivity index (χ0) is 13.3. The molecule has 0 fully saturated rings. The van der Waals surface area contributed by atoms with E-state index in [2.05, 4.69) is 9.82 Å². The largest absolute Gasteiger partial charge is 0.396 e. The molecule has 3 N–H and O–H groups in total. The minimum Gasteiger partial charge on any atom is -0.396 e. The topological polar surface area (TPSA) is 90.0 Å². The summed E-state index contributed by atoms with van der Waals surface area (Å²) in [4.78, 5) is -0.208. The molecule has 8 heteroatoms.